The summed E-state index contributed by atoms with van der Waals surface area (Å²) < 4.78 is 26.6. The van der Waals surface area contributed by atoms with Gasteiger partial charge in [0.15, 0.2) is 11.5 Å². The molecule has 20 aromatic rings. The van der Waals surface area contributed by atoms with E-state index in [0.29, 0.717) is 6.10 Å². The zero-order chi connectivity index (χ0) is 103. The molecule has 6 bridgehead atoms. The van der Waals surface area contributed by atoms with Gasteiger partial charge in [-0.25, -0.2) is 0 Å². The zero-order valence-corrected chi connectivity index (χ0v) is 96.6. The van der Waals surface area contributed by atoms with Crippen molar-refractivity contribution in [3.63, 3.8) is 0 Å². The third-order valence-corrected chi connectivity index (χ3v) is 35.6. The van der Waals surface area contributed by atoms with Gasteiger partial charge in [-0.1, -0.05) is 331 Å². The summed E-state index contributed by atoms with van der Waals surface area (Å²) in [6, 6.07) is 149. The molecule has 7 nitrogen and oxygen atoms in total. The summed E-state index contributed by atoms with van der Waals surface area (Å²) in [6.45, 7) is 13.4. The van der Waals surface area contributed by atoms with Crippen molar-refractivity contribution in [1.29, 1.82) is 0 Å². The van der Waals surface area contributed by atoms with E-state index in [9.17, 15) is 0 Å². The van der Waals surface area contributed by atoms with Crippen LogP contribution in [0, 0.1) is 11.8 Å². The maximum Gasteiger partial charge on any atom is 0.246 e. The molecule has 3 heterocycles. The average molecular weight is 2470 g/mol. The Kier molecular flexibility index (Phi) is 27.7. The molecule has 3 aliphatic heterocycles. The Labute approximate surface area is 946 Å². The van der Waals surface area contributed by atoms with Crippen molar-refractivity contribution in [1.82, 2.24) is 0 Å². The number of rotatable bonds is 16. The molecular formula is C135H108Br8N4O3. The number of anilines is 12. The maximum absolute atomic E-state index is 6.17. The van der Waals surface area contributed by atoms with Crippen LogP contribution in [0.5, 0.6) is 11.5 Å². The molecule has 742 valence electrons. The fourth-order valence-corrected chi connectivity index (χ4v) is 27.2. The van der Waals surface area contributed by atoms with E-state index in [0.717, 1.165) is 157 Å². The summed E-state index contributed by atoms with van der Waals surface area (Å²) in [5, 5.41) is 9.87. The van der Waals surface area contributed by atoms with Crippen LogP contribution in [0.1, 0.15) is 150 Å². The van der Waals surface area contributed by atoms with Crippen LogP contribution in [0.25, 0.3) is 87.6 Å². The van der Waals surface area contributed by atoms with Crippen LogP contribution in [0.3, 0.4) is 0 Å². The van der Waals surface area contributed by atoms with Gasteiger partial charge in [0.1, 0.15) is 0 Å². The molecule has 2 saturated carbocycles. The highest BCUT2D eigenvalue weighted by molar-refractivity contribution is 9.11. The first kappa shape index (κ1) is 100.0. The highest BCUT2D eigenvalue weighted by Crippen LogP contribution is 2.60. The summed E-state index contributed by atoms with van der Waals surface area (Å²) >= 11 is 28.8. The topological polar surface area (TPSA) is 40.7 Å². The molecule has 5 aliphatic carbocycles. The molecule has 15 heteroatoms. The van der Waals surface area contributed by atoms with E-state index in [1.54, 1.807) is 11.1 Å². The van der Waals surface area contributed by atoms with Gasteiger partial charge in [0, 0.05) is 117 Å². The van der Waals surface area contributed by atoms with E-state index in [1.807, 2.05) is 19.9 Å². The standard InChI is InChI=1S/C37H31Br2N.C35H31Br2N.C32H23Br2NO.C31H23Br2NO2/c38-28-6-10-30(11-7-28)40(31-12-8-29(39)9-13-31)37-16-15-32(34-3-1-2-4-35(34)37)25-5-14-33-26-18-23-17-24(19-26)21-27(20-23)36(33)22-25;1-34(2)22-35(3,4)32-21-23(9-19-31(32)34)28-18-20-33(30-8-6-5-7-29(28)30)38(26-14-10-24(36)11-15-26)27-16-12-25(37)13-17-27;33-21-6-10-23(11-7-21)35(24-12-8-22(34)9-13-24)30-16-15-25(26-3-1-2-4-27(26)30)20-5-14-28-29(19-20)32-18-17-31(28)36-32;1-31(2)35-29-18-7-20(19-30(29)36-31)25-16-17-28(27-6-4-3-5-26(25)27)34(23-12-8-21(32)9-13-23)24-14-10-22(33)11-15-24/h1-16,22-24,26-27H,17-21H2;5-21H,22H2,1-4H3;1-16,19,31-32H,17-18H2;3-19H,1-2H3. The van der Waals surface area contributed by atoms with Crippen molar-refractivity contribution in [3.05, 3.63) is 482 Å². The molecule has 0 amide bonds. The molecule has 4 atom stereocenters. The number of benzene rings is 20. The van der Waals surface area contributed by atoms with Crippen LogP contribution < -0.4 is 29.1 Å². The van der Waals surface area contributed by atoms with Crippen LogP contribution in [0.4, 0.5) is 68.2 Å². The van der Waals surface area contributed by atoms with E-state index in [4.69, 9.17) is 14.2 Å². The number of hydrogen-bond acceptors (Lipinski definition) is 7. The lowest BCUT2D eigenvalue weighted by Gasteiger charge is -2.38. The van der Waals surface area contributed by atoms with E-state index >= 15 is 0 Å². The summed E-state index contributed by atoms with van der Waals surface area (Å²) in [5.74, 6) is 4.33. The van der Waals surface area contributed by atoms with Crippen LogP contribution in [-0.2, 0) is 15.6 Å². The summed E-state index contributed by atoms with van der Waals surface area (Å²) in [5.41, 5.74) is 33.0. The Morgan fingerprint density at radius 3 is 0.833 bits per heavy atom. The molecule has 0 N–H and O–H groups in total. The Balaban J connectivity index is 0.000000107. The molecule has 1 saturated heterocycles. The molecule has 150 heavy (non-hydrogen) atoms. The third-order valence-electron chi connectivity index (χ3n) is 31.4. The largest absolute Gasteiger partial charge is 0.449 e. The SMILES string of the molecule is Brc1ccc(N(c2ccc(Br)cc2)c2ccc(-c3ccc4c(c3)C3CC5CC(CC4C5)C3)c3ccccc23)cc1.Brc1ccc(N(c2ccc(Br)cc2)c2ccc(-c3ccc4c(c3)C3CCC4O3)c3ccccc23)cc1.CC1(C)CC(C)(C)c2cc(-c3ccc(N(c4ccc(Br)cc4)c4ccc(Br)cc4)c4ccccc34)ccc21.CC1(C)Oc2ccc(-c3ccc(N(c4ccc(Br)cc4)c4ccc(Br)cc4)c4ccccc34)cc2O1. The molecule has 3 fully saturated rings. The van der Waals surface area contributed by atoms with Gasteiger partial charge in [-0.2, -0.15) is 0 Å². The van der Waals surface area contributed by atoms with Crippen LogP contribution >= 0.6 is 127 Å². The first-order valence-electron chi connectivity index (χ1n) is 51.7. The lowest BCUT2D eigenvalue weighted by Crippen LogP contribution is -2.29. The number of ether oxygens (including phenoxy) is 3. The normalized spacial score (nSPS) is 17.6. The highest BCUT2D eigenvalue weighted by Gasteiger charge is 2.45. The molecule has 4 unspecified atom stereocenters. The van der Waals surface area contributed by atoms with Gasteiger partial charge in [-0.3, -0.25) is 0 Å². The zero-order valence-electron chi connectivity index (χ0n) is 83.9. The van der Waals surface area contributed by atoms with Crippen molar-refractivity contribution in [2.45, 2.75) is 134 Å². The van der Waals surface area contributed by atoms with Gasteiger partial charge in [-0.05, 0) is 422 Å². The van der Waals surface area contributed by atoms with Gasteiger partial charge in [-0.15, -0.1) is 0 Å². The minimum Gasteiger partial charge on any atom is -0.449 e. The number of hydrogen-bond donors (Lipinski definition) is 0. The fraction of sp³-hybridized carbons (Fsp3) is 0.170. The summed E-state index contributed by atoms with van der Waals surface area (Å²) in [6.07, 6.45) is 11.1. The second kappa shape index (κ2) is 41.6. The molecule has 28 rings (SSSR count). The number of halogens is 8. The molecule has 0 spiro atoms. The first-order valence-corrected chi connectivity index (χ1v) is 58.1. The van der Waals surface area contributed by atoms with Crippen molar-refractivity contribution in [2.75, 3.05) is 19.6 Å². The lowest BCUT2D eigenvalue weighted by molar-refractivity contribution is -0.0431. The predicted octanol–water partition coefficient (Wildman–Crippen LogP) is 43.8. The van der Waals surface area contributed by atoms with Crippen molar-refractivity contribution in [3.8, 4) is 56.0 Å². The Morgan fingerprint density at radius 2 is 0.493 bits per heavy atom. The Bertz CT molecular complexity index is 8340. The van der Waals surface area contributed by atoms with Crippen molar-refractivity contribution < 1.29 is 14.2 Å². The van der Waals surface area contributed by atoms with E-state index in [2.05, 4.69) is 581 Å². The Hall–Kier alpha value is -12.0. The Morgan fingerprint density at radius 1 is 0.227 bits per heavy atom. The highest BCUT2D eigenvalue weighted by atomic mass is 79.9. The predicted molar refractivity (Wildman–Crippen MR) is 655 cm³/mol. The van der Waals surface area contributed by atoms with Gasteiger partial charge in [0.2, 0.25) is 5.79 Å². The fourth-order valence-electron chi connectivity index (χ4n) is 25.1. The second-order valence-corrected chi connectivity index (χ2v) is 49.8. The quantitative estimate of drug-likeness (QED) is 0.0955. The molecule has 8 aliphatic rings. The van der Waals surface area contributed by atoms with Gasteiger partial charge in [0.25, 0.3) is 0 Å². The first-order chi connectivity index (χ1) is 72.8. The maximum atomic E-state index is 6.17. The molecule has 0 aromatic heterocycles. The van der Waals surface area contributed by atoms with Crippen LogP contribution in [0.2, 0.25) is 0 Å². The monoisotopic (exact) mass is 2460 g/mol. The smallest absolute Gasteiger partial charge is 0.246 e. The van der Waals surface area contributed by atoms with Gasteiger partial charge < -0.3 is 33.8 Å². The van der Waals surface area contributed by atoms with E-state index in [1.165, 1.54) is 143 Å². The molecule has 0 radical (unpaired) electrons. The minimum absolute atomic E-state index is 0.171. The van der Waals surface area contributed by atoms with Crippen molar-refractivity contribution in [2.24, 2.45) is 11.8 Å². The van der Waals surface area contributed by atoms with Crippen LogP contribution in [-0.4, -0.2) is 5.79 Å². The van der Waals surface area contributed by atoms with Crippen LogP contribution in [0.15, 0.2) is 448 Å². The summed E-state index contributed by atoms with van der Waals surface area (Å²) in [7, 11) is 0. The minimum atomic E-state index is -0.650. The lowest BCUT2D eigenvalue weighted by atomic mass is 9.67. The van der Waals surface area contributed by atoms with E-state index < -0.39 is 5.79 Å². The van der Waals surface area contributed by atoms with Gasteiger partial charge in [0.05, 0.1) is 35.0 Å². The third kappa shape index (κ3) is 19.9. The molecular weight excluding hydrogens is 2360 g/mol. The van der Waals surface area contributed by atoms with E-state index in [-0.39, 0.29) is 16.9 Å². The van der Waals surface area contributed by atoms with Gasteiger partial charge >= 0.3 is 0 Å². The average Bonchev–Trinajstić information content (AvgIpc) is 1.59. The summed E-state index contributed by atoms with van der Waals surface area (Å²) in [4.78, 5) is 9.35. The number of nitrogens with zero attached hydrogens (tertiary/aromatic N) is 4. The molecule has 20 aromatic carbocycles. The number of fused-ring (bicyclic) bond motifs is 11. The van der Waals surface area contributed by atoms with Crippen molar-refractivity contribution >= 4 is 239 Å². The second-order valence-electron chi connectivity index (χ2n) is 42.5.